The van der Waals surface area contributed by atoms with E-state index in [1.807, 2.05) is 42.6 Å². The Labute approximate surface area is 441 Å². The molecule has 4 saturated heterocycles. The van der Waals surface area contributed by atoms with Crippen molar-refractivity contribution in [3.8, 4) is 23.0 Å². The largest absolute Gasteiger partial charge is 0.493 e. The summed E-state index contributed by atoms with van der Waals surface area (Å²) in [7, 11) is 8.81. The highest BCUT2D eigenvalue weighted by molar-refractivity contribution is 5.94. The van der Waals surface area contributed by atoms with Gasteiger partial charge in [-0.05, 0) is 68.1 Å². The summed E-state index contributed by atoms with van der Waals surface area (Å²) in [4.78, 5) is 38.8. The lowest BCUT2D eigenvalue weighted by atomic mass is 10.0. The van der Waals surface area contributed by atoms with Gasteiger partial charge in [-0.15, -0.1) is 0 Å². The zero-order chi connectivity index (χ0) is 51.5. The number of ether oxygens (including phenoxy) is 4. The third-order valence-corrected chi connectivity index (χ3v) is 15.1. The molecule has 4 fully saturated rings. The van der Waals surface area contributed by atoms with Gasteiger partial charge in [0, 0.05) is 133 Å². The molecule has 17 heteroatoms. The Balaban J connectivity index is 0.000000173. The van der Waals surface area contributed by atoms with Crippen LogP contribution < -0.4 is 44.3 Å². The maximum atomic E-state index is 5.62. The fourth-order valence-corrected chi connectivity index (χ4v) is 10.6. The Hall–Kier alpha value is -7.21. The monoisotopic (exact) mass is 1020 g/mol. The molecule has 0 amide bonds. The van der Waals surface area contributed by atoms with E-state index in [-0.39, 0.29) is 0 Å². The van der Waals surface area contributed by atoms with Crippen molar-refractivity contribution in [2.75, 3.05) is 139 Å². The molecule has 3 aromatic heterocycles. The summed E-state index contributed by atoms with van der Waals surface area (Å²) in [6.45, 7) is 13.5. The highest BCUT2D eigenvalue weighted by atomic mass is 16.5. The Morgan fingerprint density at radius 1 is 0.453 bits per heavy atom. The number of benzene rings is 4. The van der Waals surface area contributed by atoms with Crippen LogP contribution in [0, 0.1) is 0 Å². The predicted octanol–water partition coefficient (Wildman–Crippen LogP) is 7.92. The van der Waals surface area contributed by atoms with Gasteiger partial charge in [0.2, 0.25) is 11.9 Å². The van der Waals surface area contributed by atoms with Crippen LogP contribution in [0.4, 0.5) is 29.4 Å². The summed E-state index contributed by atoms with van der Waals surface area (Å²) in [5, 5.41) is 9.47. The standard InChI is InChI=1S/C31H37N7O2.C27H36N6O2/c1-39-27-20-25-26(21-28(27)40-2)34-31(38-18-16-37(17-19-38)29-10-6-7-13-32-29)35-30(25)33-24-11-14-36(15-12-24)22-23-8-4-3-5-9-23;1-31-13-15-33(16-14-31)27-29-23-18-25(35-3)24(34-2)17-22(23)26(30-27)28-21-9-11-32(12-10-21)19-20-7-5-4-6-8-20/h3-10,13,20-21,24H,11-12,14-19,22H2,1-2H3,(H,33,34,35);4-8,17-18,21H,9-16,19H2,1-3H3,(H,28,29,30). The Morgan fingerprint density at radius 2 is 0.853 bits per heavy atom. The normalized spacial score (nSPS) is 17.4. The number of methoxy groups -OCH3 is 4. The van der Waals surface area contributed by atoms with Gasteiger partial charge < -0.3 is 49.2 Å². The van der Waals surface area contributed by atoms with Crippen molar-refractivity contribution in [2.45, 2.75) is 50.9 Å². The van der Waals surface area contributed by atoms with Crippen LogP contribution in [0.15, 0.2) is 109 Å². The molecule has 2 N–H and O–H groups in total. The van der Waals surface area contributed by atoms with Gasteiger partial charge in [-0.3, -0.25) is 9.80 Å². The van der Waals surface area contributed by atoms with Crippen molar-refractivity contribution in [2.24, 2.45) is 0 Å². The Bertz CT molecular complexity index is 2930. The number of rotatable bonds is 15. The van der Waals surface area contributed by atoms with E-state index in [1.165, 1.54) is 11.1 Å². The molecule has 7 heterocycles. The molecule has 0 atom stereocenters. The number of piperazine rings is 2. The summed E-state index contributed by atoms with van der Waals surface area (Å²) in [6.07, 6.45) is 6.12. The van der Waals surface area contributed by atoms with Crippen LogP contribution >= 0.6 is 0 Å². The van der Waals surface area contributed by atoms with E-state index in [1.54, 1.807) is 28.4 Å². The van der Waals surface area contributed by atoms with E-state index in [2.05, 4.69) is 119 Å². The molecule has 7 aromatic rings. The molecule has 0 aliphatic carbocycles. The second kappa shape index (κ2) is 24.4. The topological polar surface area (TPSA) is 145 Å². The van der Waals surface area contributed by atoms with Gasteiger partial charge in [-0.2, -0.15) is 9.97 Å². The molecular formula is C58H73N13O4. The number of nitrogens with one attached hydrogen (secondary N) is 2. The van der Waals surface area contributed by atoms with Gasteiger partial charge in [-0.1, -0.05) is 66.7 Å². The first kappa shape index (κ1) is 51.3. The van der Waals surface area contributed by atoms with Crippen LogP contribution in [0.5, 0.6) is 23.0 Å². The fourth-order valence-electron chi connectivity index (χ4n) is 10.6. The minimum Gasteiger partial charge on any atom is -0.493 e. The second-order valence-corrected chi connectivity index (χ2v) is 20.0. The summed E-state index contributed by atoms with van der Waals surface area (Å²) in [6, 6.07) is 36.1. The average molecular weight is 1020 g/mol. The molecule has 0 unspecified atom stereocenters. The van der Waals surface area contributed by atoms with Crippen molar-refractivity contribution in [1.29, 1.82) is 0 Å². The van der Waals surface area contributed by atoms with Crippen molar-refractivity contribution in [3.63, 3.8) is 0 Å². The molecule has 0 radical (unpaired) electrons. The van der Waals surface area contributed by atoms with E-state index in [4.69, 9.17) is 38.9 Å². The molecule has 4 aliphatic heterocycles. The van der Waals surface area contributed by atoms with E-state index < -0.39 is 0 Å². The maximum absolute atomic E-state index is 5.62. The molecule has 0 spiro atoms. The molecule has 4 aliphatic rings. The minimum atomic E-state index is 0.340. The Kier molecular flexibility index (Phi) is 16.7. The zero-order valence-corrected chi connectivity index (χ0v) is 44.3. The molecular weight excluding hydrogens is 943 g/mol. The van der Waals surface area contributed by atoms with Crippen molar-refractivity contribution >= 4 is 51.2 Å². The number of piperidine rings is 2. The summed E-state index contributed by atoms with van der Waals surface area (Å²) in [5.74, 6) is 6.99. The van der Waals surface area contributed by atoms with Crippen molar-refractivity contribution in [1.82, 2.24) is 39.6 Å². The maximum Gasteiger partial charge on any atom is 0.228 e. The number of hydrogen-bond donors (Lipinski definition) is 2. The van der Waals surface area contributed by atoms with Gasteiger partial charge in [0.25, 0.3) is 0 Å². The summed E-state index contributed by atoms with van der Waals surface area (Å²) >= 11 is 0. The zero-order valence-electron chi connectivity index (χ0n) is 44.3. The SMILES string of the molecule is COc1cc2nc(N3CCN(C)CC3)nc(NC3CCN(Cc4ccccc4)CC3)c2cc1OC.COc1cc2nc(N3CCN(c4ccccn4)CC3)nc(NC3CCN(Cc4ccccc4)CC3)c2cc1OC. The van der Waals surface area contributed by atoms with Crippen LogP contribution in [0.2, 0.25) is 0 Å². The molecule has 75 heavy (non-hydrogen) atoms. The van der Waals surface area contributed by atoms with Gasteiger partial charge in [0.1, 0.15) is 17.5 Å². The number of likely N-dealkylation sites (N-methyl/N-ethyl adjacent to an activating group) is 1. The molecule has 0 saturated carbocycles. The number of pyridine rings is 1. The van der Waals surface area contributed by atoms with Crippen molar-refractivity contribution in [3.05, 3.63) is 120 Å². The van der Waals surface area contributed by atoms with Crippen LogP contribution in [0.25, 0.3) is 21.8 Å². The lowest BCUT2D eigenvalue weighted by Gasteiger charge is -2.36. The fraction of sp³-hybridized carbons (Fsp3) is 0.431. The smallest absolute Gasteiger partial charge is 0.228 e. The number of likely N-dealkylation sites (tertiary alicyclic amines) is 2. The van der Waals surface area contributed by atoms with Crippen LogP contribution in [-0.2, 0) is 13.1 Å². The molecule has 17 nitrogen and oxygen atoms in total. The molecule has 4 aromatic carbocycles. The van der Waals surface area contributed by atoms with E-state index in [0.29, 0.717) is 35.1 Å². The predicted molar refractivity (Wildman–Crippen MR) is 300 cm³/mol. The van der Waals surface area contributed by atoms with Crippen LogP contribution in [0.3, 0.4) is 0 Å². The first-order valence-corrected chi connectivity index (χ1v) is 26.6. The lowest BCUT2D eigenvalue weighted by Crippen LogP contribution is -2.47. The van der Waals surface area contributed by atoms with Gasteiger partial charge in [0.15, 0.2) is 23.0 Å². The number of fused-ring (bicyclic) bond motifs is 2. The van der Waals surface area contributed by atoms with Gasteiger partial charge >= 0.3 is 0 Å². The molecule has 394 valence electrons. The van der Waals surface area contributed by atoms with Crippen LogP contribution in [-0.4, -0.2) is 166 Å². The number of nitrogens with zero attached hydrogens (tertiary/aromatic N) is 11. The van der Waals surface area contributed by atoms with Gasteiger partial charge in [-0.25, -0.2) is 15.0 Å². The van der Waals surface area contributed by atoms with E-state index >= 15 is 0 Å². The third-order valence-electron chi connectivity index (χ3n) is 15.1. The van der Waals surface area contributed by atoms with Crippen molar-refractivity contribution < 1.29 is 18.9 Å². The lowest BCUT2D eigenvalue weighted by molar-refractivity contribution is 0.211. The van der Waals surface area contributed by atoms with E-state index in [0.717, 1.165) is 168 Å². The Morgan fingerprint density at radius 3 is 1.27 bits per heavy atom. The first-order valence-electron chi connectivity index (χ1n) is 26.6. The summed E-state index contributed by atoms with van der Waals surface area (Å²) in [5.41, 5.74) is 4.46. The average Bonchev–Trinajstić information content (AvgIpc) is 3.46. The number of anilines is 5. The quantitative estimate of drug-likeness (QED) is 0.103. The summed E-state index contributed by atoms with van der Waals surface area (Å²) < 4.78 is 22.4. The second-order valence-electron chi connectivity index (χ2n) is 20.0. The first-order chi connectivity index (χ1) is 36.8. The number of aromatic nitrogens is 5. The third kappa shape index (κ3) is 12.7. The molecule has 11 rings (SSSR count). The van der Waals surface area contributed by atoms with E-state index in [9.17, 15) is 0 Å². The number of hydrogen-bond acceptors (Lipinski definition) is 17. The minimum absolute atomic E-state index is 0.340. The molecule has 0 bridgehead atoms. The van der Waals surface area contributed by atoms with Crippen LogP contribution in [0.1, 0.15) is 36.8 Å². The highest BCUT2D eigenvalue weighted by Crippen LogP contribution is 2.38. The van der Waals surface area contributed by atoms with Gasteiger partial charge in [0.05, 0.1) is 39.5 Å². The highest BCUT2D eigenvalue weighted by Gasteiger charge is 2.27.